The third-order valence-electron chi connectivity index (χ3n) is 16.2. The summed E-state index contributed by atoms with van der Waals surface area (Å²) in [6.45, 7) is 114. The molecule has 4 aliphatic rings. The van der Waals surface area contributed by atoms with Crippen molar-refractivity contribution in [2.45, 2.75) is 454 Å². The van der Waals surface area contributed by atoms with Gasteiger partial charge in [0.25, 0.3) is 5.91 Å². The monoisotopic (exact) mass is 1570 g/mol. The number of para-hydroxylation sites is 3. The molecule has 4 amide bonds. The van der Waals surface area contributed by atoms with Gasteiger partial charge in [-0.1, -0.05) is 384 Å². The molecule has 1 fully saturated rings. The Morgan fingerprint density at radius 1 is 0.304 bits per heavy atom. The Morgan fingerprint density at radius 3 is 0.955 bits per heavy atom. The van der Waals surface area contributed by atoms with E-state index in [2.05, 4.69) is 226 Å². The summed E-state index contributed by atoms with van der Waals surface area (Å²) in [5, 5.41) is 0. The highest BCUT2D eigenvalue weighted by Crippen LogP contribution is 2.49. The Balaban J connectivity index is -0.000000107. The fourth-order valence-electron chi connectivity index (χ4n) is 12.2. The molecule has 0 aliphatic carbocycles. The van der Waals surface area contributed by atoms with Gasteiger partial charge in [-0.15, -0.1) is 0 Å². The van der Waals surface area contributed by atoms with E-state index in [0.29, 0.717) is 5.91 Å². The van der Waals surface area contributed by atoms with Crippen molar-refractivity contribution in [1.82, 2.24) is 4.90 Å². The highest BCUT2D eigenvalue weighted by Gasteiger charge is 2.46. The van der Waals surface area contributed by atoms with Crippen LogP contribution in [-0.4, -0.2) is 69.0 Å². The fourth-order valence-corrected chi connectivity index (χ4v) is 12.2. The second-order valence-electron chi connectivity index (χ2n) is 31.6. The molecule has 0 radical (unpaired) electrons. The first-order chi connectivity index (χ1) is 51.9. The Labute approximate surface area is 705 Å². The molecule has 8 rings (SSSR count). The SMILES string of the molecule is C.CC.CC.CC.CC.CC.CC.CC.CC.CC.CC.CC.CC.CC.CC.CC.CC(C)(C)C1C(=O)N(C(C)(C)C)c2ccccc2-c2ccccc21.CC(C)(C)C1CCCCN(C(C)(C)C)C1=O.CC(C)(C)C1CCc2ccccc2N(C(C)(C)C)C1=O.CC1=NC(C(C)(C)C)C(=O)N(C(C)(C)C)c2ccccc21. The lowest BCUT2D eigenvalue weighted by Crippen LogP contribution is -2.52. The third-order valence-corrected chi connectivity index (χ3v) is 16.2. The number of aryl methyl sites for hydroxylation is 1. The van der Waals surface area contributed by atoms with Gasteiger partial charge in [-0.3, -0.25) is 24.2 Å². The van der Waals surface area contributed by atoms with Crippen LogP contribution in [-0.2, 0) is 25.6 Å². The van der Waals surface area contributed by atoms with Gasteiger partial charge in [0, 0.05) is 63.1 Å². The minimum absolute atomic E-state index is 0. The maximum absolute atomic E-state index is 13.7. The summed E-state index contributed by atoms with van der Waals surface area (Å²) in [4.78, 5) is 65.3. The molecule has 1 saturated heterocycles. The number of likely N-dealkylation sites (tertiary alicyclic amines) is 1. The van der Waals surface area contributed by atoms with E-state index in [4.69, 9.17) is 4.99 Å². The van der Waals surface area contributed by atoms with Crippen molar-refractivity contribution in [2.75, 3.05) is 21.2 Å². The summed E-state index contributed by atoms with van der Waals surface area (Å²) in [5.41, 5.74) is 8.73. The number of benzodiazepines with no additional fused rings is 1. The van der Waals surface area contributed by atoms with E-state index in [1.165, 1.54) is 17.5 Å². The van der Waals surface area contributed by atoms with Gasteiger partial charge < -0.3 is 19.6 Å². The summed E-state index contributed by atoms with van der Waals surface area (Å²) >= 11 is 0. The third kappa shape index (κ3) is 44.5. The van der Waals surface area contributed by atoms with Crippen LogP contribution in [0, 0.1) is 33.5 Å². The summed E-state index contributed by atoms with van der Waals surface area (Å²) in [5.74, 6) is 1.00. The van der Waals surface area contributed by atoms with E-state index in [1.54, 1.807) is 0 Å². The molecule has 0 N–H and O–H groups in total. The molecule has 0 spiro atoms. The first-order valence-corrected chi connectivity index (χ1v) is 45.2. The summed E-state index contributed by atoms with van der Waals surface area (Å²) in [7, 11) is 0. The number of nitrogens with zero attached hydrogens (tertiary/aromatic N) is 5. The predicted molar refractivity (Wildman–Crippen MR) is 521 cm³/mol. The molecule has 0 aromatic heterocycles. The van der Waals surface area contributed by atoms with Crippen LogP contribution in [0.25, 0.3) is 11.1 Å². The molecular weight excluding hydrogens is 1370 g/mol. The lowest BCUT2D eigenvalue weighted by molar-refractivity contribution is -0.143. The van der Waals surface area contributed by atoms with Gasteiger partial charge in [0.2, 0.25) is 17.7 Å². The van der Waals surface area contributed by atoms with E-state index in [-0.39, 0.29) is 92.8 Å². The maximum atomic E-state index is 13.7. The van der Waals surface area contributed by atoms with Crippen molar-refractivity contribution in [3.05, 3.63) is 114 Å². The van der Waals surface area contributed by atoms with Gasteiger partial charge in [-0.25, -0.2) is 0 Å². The van der Waals surface area contributed by atoms with Crippen LogP contribution in [0.2, 0.25) is 0 Å². The molecule has 4 unspecified atom stereocenters. The molecule has 4 heterocycles. The van der Waals surface area contributed by atoms with Crippen LogP contribution in [0.4, 0.5) is 17.1 Å². The van der Waals surface area contributed by atoms with Crippen LogP contribution >= 0.6 is 0 Å². The number of fused-ring (bicyclic) bond motifs is 5. The van der Waals surface area contributed by atoms with Crippen LogP contribution in [0.15, 0.2) is 102 Å². The number of rotatable bonds is 0. The molecule has 0 saturated carbocycles. The Bertz CT molecular complexity index is 2800. The zero-order valence-electron chi connectivity index (χ0n) is 85.2. The number of hydrogen-bond acceptors (Lipinski definition) is 5. The smallest absolute Gasteiger partial charge is 0.252 e. The highest BCUT2D eigenvalue weighted by atomic mass is 16.2. The van der Waals surface area contributed by atoms with Gasteiger partial charge >= 0.3 is 0 Å². The van der Waals surface area contributed by atoms with Crippen LogP contribution < -0.4 is 14.7 Å². The van der Waals surface area contributed by atoms with Crippen molar-refractivity contribution in [3.8, 4) is 11.1 Å². The minimum Gasteiger partial charge on any atom is -0.338 e. The Kier molecular flexibility index (Phi) is 82.6. The van der Waals surface area contributed by atoms with Gasteiger partial charge in [-0.2, -0.15) is 0 Å². The standard InChI is InChI=1S/C22H27NO.C18H26N2O.C18H27NO.C14H27NO.15C2H6.CH4/c1-21(2,3)19-17-13-8-7-11-15(17)16-12-9-10-14-18(16)23(20(19)24)22(4,5)6;1-12-13-10-8-9-11-14(13)20(18(5,6)7)16(21)15(19-12)17(2,3)4;1-17(2,3)14-12-11-13-9-7-8-10-15(13)19(16(14)20)18(4,5)6;1-13(2,3)11-9-7-8-10-15(12(11)16)14(4,5)6;15*1-2;/h7-14,19H,1-6H3;8-11,15H,1-7H3;7-10,14H,11-12H2,1-6H3;11H,7-10H2,1-6H3;15*1-2H3;1H4. The Hall–Kier alpha value is -5.57. The zero-order chi connectivity index (χ0) is 91.4. The molecule has 9 nitrogen and oxygen atoms in total. The van der Waals surface area contributed by atoms with Crippen LogP contribution in [0.1, 0.15) is 437 Å². The van der Waals surface area contributed by atoms with Crippen molar-refractivity contribution in [1.29, 1.82) is 0 Å². The van der Waals surface area contributed by atoms with Gasteiger partial charge in [-0.05, 0) is 172 Å². The highest BCUT2D eigenvalue weighted by molar-refractivity contribution is 6.12. The van der Waals surface area contributed by atoms with Crippen molar-refractivity contribution >= 4 is 46.4 Å². The predicted octanol–water partition coefficient (Wildman–Crippen LogP) is 33.6. The molecular formula is C103H201N5O4. The lowest BCUT2D eigenvalue weighted by atomic mass is 9.74. The average molecular weight is 1570 g/mol. The topological polar surface area (TPSA) is 93.6 Å². The van der Waals surface area contributed by atoms with Gasteiger partial charge in [0.1, 0.15) is 6.04 Å². The largest absolute Gasteiger partial charge is 0.338 e. The van der Waals surface area contributed by atoms with Gasteiger partial charge in [0.05, 0.1) is 17.3 Å². The lowest BCUT2D eigenvalue weighted by Gasteiger charge is -2.40. The molecule has 112 heavy (non-hydrogen) atoms. The van der Waals surface area contributed by atoms with E-state index >= 15 is 0 Å². The minimum atomic E-state index is -0.357. The number of hydrogen-bond donors (Lipinski definition) is 0. The summed E-state index contributed by atoms with van der Waals surface area (Å²) in [6, 6.07) is 32.7. The maximum Gasteiger partial charge on any atom is 0.252 e. The van der Waals surface area contributed by atoms with Crippen LogP contribution in [0.5, 0.6) is 0 Å². The van der Waals surface area contributed by atoms with E-state index in [0.717, 1.165) is 71.7 Å². The Morgan fingerprint density at radius 2 is 0.607 bits per heavy atom. The average Bonchev–Trinajstić information content (AvgIpc) is 1.60. The molecule has 662 valence electrons. The molecule has 9 heteroatoms. The van der Waals surface area contributed by atoms with Crippen molar-refractivity contribution in [3.63, 3.8) is 0 Å². The number of anilines is 3. The molecule has 0 bridgehead atoms. The summed E-state index contributed by atoms with van der Waals surface area (Å²) in [6.07, 6.45) is 5.30. The molecule has 4 aliphatic heterocycles. The number of amides is 4. The second kappa shape index (κ2) is 69.7. The molecule has 4 aromatic carbocycles. The first kappa shape index (κ1) is 133. The number of benzene rings is 4. The van der Waals surface area contributed by atoms with E-state index in [9.17, 15) is 19.2 Å². The quantitative estimate of drug-likeness (QED) is 0.175. The fraction of sp³-hybridized carbons (Fsp3) is 0.718. The second-order valence-corrected chi connectivity index (χ2v) is 31.6. The molecule has 4 aromatic rings. The normalized spacial score (nSPS) is 15.6. The number of carbonyl (C=O) groups excluding carboxylic acids is 4. The van der Waals surface area contributed by atoms with Crippen LogP contribution in [0.3, 0.4) is 0 Å². The zero-order valence-corrected chi connectivity index (χ0v) is 85.2. The summed E-state index contributed by atoms with van der Waals surface area (Å²) < 4.78 is 0. The van der Waals surface area contributed by atoms with Crippen molar-refractivity contribution < 1.29 is 19.2 Å². The van der Waals surface area contributed by atoms with E-state index < -0.39 is 0 Å². The number of carbonyl (C=O) groups is 4. The number of aliphatic imine (C=N–C) groups is 1. The van der Waals surface area contributed by atoms with E-state index in [1.807, 2.05) is 272 Å². The van der Waals surface area contributed by atoms with Gasteiger partial charge in [0.15, 0.2) is 0 Å². The van der Waals surface area contributed by atoms with Crippen molar-refractivity contribution in [2.24, 2.45) is 38.5 Å². The first-order valence-electron chi connectivity index (χ1n) is 45.2. The molecule has 4 atom stereocenters.